The molecule has 45 heavy (non-hydrogen) atoms. The molecule has 11 N–H and O–H groups in total. The summed E-state index contributed by atoms with van der Waals surface area (Å²) >= 11 is 0. The first-order valence-electron chi connectivity index (χ1n) is 13.9. The zero-order valence-electron chi connectivity index (χ0n) is 24.7. The molecule has 5 unspecified atom stereocenters. The number of carboxylic acid groups (broad SMARTS) is 2. The zero-order valence-corrected chi connectivity index (χ0v) is 24.7. The summed E-state index contributed by atoms with van der Waals surface area (Å²) in [6.45, 7) is 3.19. The van der Waals surface area contributed by atoms with Crippen molar-refractivity contribution < 1.29 is 43.8 Å². The van der Waals surface area contributed by atoms with E-state index in [1.807, 2.05) is 0 Å². The number of hydrogen-bond donors (Lipinski definition) is 9. The number of hydrogen-bond acceptors (Lipinski definition) is 9. The van der Waals surface area contributed by atoms with E-state index in [0.717, 1.165) is 0 Å². The number of H-pyrrole nitrogens is 1. The van der Waals surface area contributed by atoms with Crippen LogP contribution in [0.1, 0.15) is 37.9 Å². The van der Waals surface area contributed by atoms with Gasteiger partial charge in [-0.25, -0.2) is 9.78 Å². The number of nitrogens with zero attached hydrogens (tertiary/aromatic N) is 1. The van der Waals surface area contributed by atoms with Gasteiger partial charge in [0.1, 0.15) is 24.2 Å². The molecule has 0 radical (unpaired) electrons. The Labute approximate surface area is 257 Å². The van der Waals surface area contributed by atoms with Crippen LogP contribution < -0.4 is 32.7 Å². The van der Waals surface area contributed by atoms with Crippen LogP contribution in [0.25, 0.3) is 0 Å². The number of amides is 5. The second kappa shape index (κ2) is 17.1. The van der Waals surface area contributed by atoms with E-state index in [1.54, 1.807) is 44.2 Å². The molecule has 0 saturated carbocycles. The molecule has 0 aliphatic heterocycles. The molecular formula is C28H38N8O9. The van der Waals surface area contributed by atoms with E-state index in [9.17, 15) is 38.7 Å². The zero-order chi connectivity index (χ0) is 33.7. The number of nitrogens with two attached hydrogens (primary N) is 2. The number of imidazole rings is 1. The van der Waals surface area contributed by atoms with E-state index >= 15 is 0 Å². The van der Waals surface area contributed by atoms with Crippen molar-refractivity contribution in [3.05, 3.63) is 54.1 Å². The van der Waals surface area contributed by atoms with Crippen molar-refractivity contribution in [2.75, 3.05) is 0 Å². The predicted molar refractivity (Wildman–Crippen MR) is 157 cm³/mol. The summed E-state index contributed by atoms with van der Waals surface area (Å²) < 4.78 is 0. The third-order valence-electron chi connectivity index (χ3n) is 6.51. The second-order valence-electron chi connectivity index (χ2n) is 10.6. The highest BCUT2D eigenvalue weighted by atomic mass is 16.4. The SMILES string of the molecule is CC(C)C(NC(=O)C(N)CC(=O)O)C(=O)NC(Cc1c[nH]cn1)C(=O)NC(CC(N)=O)C(=O)NC(Cc1ccccc1)C(=O)O. The number of benzene rings is 1. The van der Waals surface area contributed by atoms with Gasteiger partial charge in [-0.2, -0.15) is 0 Å². The molecule has 0 aliphatic rings. The maximum Gasteiger partial charge on any atom is 0.326 e. The summed E-state index contributed by atoms with van der Waals surface area (Å²) in [4.78, 5) is 93.7. The van der Waals surface area contributed by atoms with E-state index < -0.39 is 90.4 Å². The van der Waals surface area contributed by atoms with E-state index in [-0.39, 0.29) is 12.8 Å². The monoisotopic (exact) mass is 630 g/mol. The molecule has 2 rings (SSSR count). The molecule has 1 aromatic heterocycles. The lowest BCUT2D eigenvalue weighted by molar-refractivity contribution is -0.142. The van der Waals surface area contributed by atoms with E-state index in [4.69, 9.17) is 16.6 Å². The van der Waals surface area contributed by atoms with E-state index in [2.05, 4.69) is 31.2 Å². The van der Waals surface area contributed by atoms with Crippen molar-refractivity contribution in [1.29, 1.82) is 0 Å². The van der Waals surface area contributed by atoms with Gasteiger partial charge in [0, 0.05) is 19.0 Å². The van der Waals surface area contributed by atoms with Crippen molar-refractivity contribution in [2.45, 2.75) is 69.7 Å². The Morgan fingerprint density at radius 3 is 1.93 bits per heavy atom. The lowest BCUT2D eigenvalue weighted by atomic mass is 10.0. The molecule has 0 spiro atoms. The number of carboxylic acids is 2. The maximum atomic E-state index is 13.5. The van der Waals surface area contributed by atoms with Crippen molar-refractivity contribution in [2.24, 2.45) is 17.4 Å². The van der Waals surface area contributed by atoms with Crippen LogP contribution in [0.3, 0.4) is 0 Å². The first kappa shape index (κ1) is 35.9. The molecule has 0 bridgehead atoms. The van der Waals surface area contributed by atoms with Gasteiger partial charge in [-0.05, 0) is 11.5 Å². The van der Waals surface area contributed by atoms with Crippen LogP contribution >= 0.6 is 0 Å². The average molecular weight is 631 g/mol. The number of carbonyl (C=O) groups excluding carboxylic acids is 5. The number of primary amides is 1. The molecule has 0 aliphatic carbocycles. The van der Waals surface area contributed by atoms with Gasteiger partial charge in [-0.15, -0.1) is 0 Å². The minimum atomic E-state index is -1.61. The van der Waals surface area contributed by atoms with Crippen molar-refractivity contribution in [3.63, 3.8) is 0 Å². The van der Waals surface area contributed by atoms with Gasteiger partial charge in [0.15, 0.2) is 0 Å². The Kier molecular flexibility index (Phi) is 13.6. The highest BCUT2D eigenvalue weighted by molar-refractivity contribution is 5.97. The average Bonchev–Trinajstić information content (AvgIpc) is 3.47. The smallest absolute Gasteiger partial charge is 0.326 e. The Morgan fingerprint density at radius 1 is 0.800 bits per heavy atom. The van der Waals surface area contributed by atoms with Crippen LogP contribution in [-0.2, 0) is 46.4 Å². The summed E-state index contributed by atoms with van der Waals surface area (Å²) in [6.07, 6.45) is 1.12. The van der Waals surface area contributed by atoms with Crippen LogP contribution in [0.4, 0.5) is 0 Å². The lowest BCUT2D eigenvalue weighted by Gasteiger charge is -2.27. The van der Waals surface area contributed by atoms with E-state index in [0.29, 0.717) is 11.3 Å². The number of carbonyl (C=O) groups is 7. The molecule has 17 heteroatoms. The van der Waals surface area contributed by atoms with Crippen LogP contribution in [-0.4, -0.2) is 91.9 Å². The fourth-order valence-electron chi connectivity index (χ4n) is 4.16. The van der Waals surface area contributed by atoms with Gasteiger partial charge in [0.05, 0.1) is 30.9 Å². The normalized spacial score (nSPS) is 14.2. The largest absolute Gasteiger partial charge is 0.481 e. The number of aromatic nitrogens is 2. The molecule has 5 amide bonds. The van der Waals surface area contributed by atoms with E-state index in [1.165, 1.54) is 12.5 Å². The van der Waals surface area contributed by atoms with Crippen LogP contribution in [0, 0.1) is 5.92 Å². The Balaban J connectivity index is 2.26. The van der Waals surface area contributed by atoms with Gasteiger partial charge in [0.25, 0.3) is 0 Å². The fraction of sp³-hybridized carbons (Fsp3) is 0.429. The summed E-state index contributed by atoms with van der Waals surface area (Å²) in [6, 6.07) is 1.35. The summed E-state index contributed by atoms with van der Waals surface area (Å²) in [5, 5.41) is 28.1. The second-order valence-corrected chi connectivity index (χ2v) is 10.6. The number of rotatable bonds is 18. The third-order valence-corrected chi connectivity index (χ3v) is 6.51. The van der Waals surface area contributed by atoms with Gasteiger partial charge < -0.3 is 47.9 Å². The van der Waals surface area contributed by atoms with Crippen molar-refractivity contribution >= 4 is 41.5 Å². The molecule has 5 atom stereocenters. The summed E-state index contributed by atoms with van der Waals surface area (Å²) in [7, 11) is 0. The lowest BCUT2D eigenvalue weighted by Crippen LogP contribution is -2.60. The van der Waals surface area contributed by atoms with Gasteiger partial charge in [-0.3, -0.25) is 28.8 Å². The van der Waals surface area contributed by atoms with Crippen LogP contribution in [0.15, 0.2) is 42.9 Å². The molecule has 0 fully saturated rings. The minimum absolute atomic E-state index is 0.0879. The highest BCUT2D eigenvalue weighted by Crippen LogP contribution is 2.08. The Morgan fingerprint density at radius 2 is 1.40 bits per heavy atom. The first-order valence-corrected chi connectivity index (χ1v) is 13.9. The van der Waals surface area contributed by atoms with Crippen molar-refractivity contribution in [1.82, 2.24) is 31.2 Å². The van der Waals surface area contributed by atoms with Gasteiger partial charge in [-0.1, -0.05) is 44.2 Å². The molecule has 2 aromatic rings. The maximum absolute atomic E-state index is 13.5. The standard InChI is InChI=1S/C28H38N8O9/c1-14(2)23(36-24(40)17(29)10-22(38)39)27(43)34-18(9-16-12-31-13-32-16)25(41)33-19(11-21(30)37)26(42)35-20(28(44)45)8-15-6-4-3-5-7-15/h3-7,12-14,17-20,23H,8-11,29H2,1-2H3,(H2,30,37)(H,31,32)(H,33,41)(H,34,43)(H,35,42)(H,36,40)(H,38,39)(H,44,45). The summed E-state index contributed by atoms with van der Waals surface area (Å²) in [5.41, 5.74) is 11.9. The Hall–Kier alpha value is -5.32. The molecule has 244 valence electrons. The number of nitrogens with one attached hydrogen (secondary N) is 5. The fourth-order valence-corrected chi connectivity index (χ4v) is 4.16. The molecule has 1 aromatic carbocycles. The van der Waals surface area contributed by atoms with Crippen molar-refractivity contribution in [3.8, 4) is 0 Å². The minimum Gasteiger partial charge on any atom is -0.481 e. The van der Waals surface area contributed by atoms with Crippen LogP contribution in [0.5, 0.6) is 0 Å². The molecule has 0 saturated heterocycles. The topological polar surface area (TPSA) is 289 Å². The molecular weight excluding hydrogens is 592 g/mol. The number of aliphatic carboxylic acids is 2. The van der Waals surface area contributed by atoms with Gasteiger partial charge in [0.2, 0.25) is 29.5 Å². The molecule has 1 heterocycles. The van der Waals surface area contributed by atoms with Gasteiger partial charge >= 0.3 is 11.9 Å². The van der Waals surface area contributed by atoms with Crippen LogP contribution in [0.2, 0.25) is 0 Å². The highest BCUT2D eigenvalue weighted by Gasteiger charge is 2.34. The number of aromatic amines is 1. The predicted octanol–water partition coefficient (Wildman–Crippen LogP) is -2.45. The third kappa shape index (κ3) is 12.1. The summed E-state index contributed by atoms with van der Waals surface area (Å²) in [5.74, 6) is -7.87. The first-order chi connectivity index (χ1) is 21.2. The Bertz CT molecular complexity index is 1350. The quantitative estimate of drug-likeness (QED) is 0.0833. The molecule has 17 nitrogen and oxygen atoms in total.